The molecule has 18 heteroatoms. The molecule has 350 valence electrons. The predicted octanol–water partition coefficient (Wildman–Crippen LogP) is 10.1. The van der Waals surface area contributed by atoms with Gasteiger partial charge in [-0.3, -0.25) is 19.8 Å². The smallest absolute Gasteiger partial charge is 0.224 e. The number of anilines is 2. The maximum Gasteiger partial charge on any atom is 0.224 e. The Balaban J connectivity index is 1.25. The summed E-state index contributed by atoms with van der Waals surface area (Å²) in [6, 6.07) is 18.2. The molecule has 0 aliphatic carbocycles. The van der Waals surface area contributed by atoms with Crippen LogP contribution in [0.1, 0.15) is 50.7 Å². The molecule has 66 heavy (non-hydrogen) atoms. The van der Waals surface area contributed by atoms with E-state index in [1.165, 1.54) is 6.07 Å². The third kappa shape index (κ3) is 10.2. The van der Waals surface area contributed by atoms with Crippen molar-refractivity contribution in [2.75, 3.05) is 77.8 Å². The Morgan fingerprint density at radius 3 is 1.39 bits per heavy atom. The first kappa shape index (κ1) is 47.2. The molecule has 0 spiro atoms. The average Bonchev–Trinajstić information content (AvgIpc) is 3.32. The second kappa shape index (κ2) is 21.1. The number of methoxy groups -OCH3 is 4. The largest absolute Gasteiger partial charge is 0.493 e. The third-order valence-electron chi connectivity index (χ3n) is 12.2. The third-order valence-corrected chi connectivity index (χ3v) is 12.8. The molecule has 0 saturated carbocycles. The van der Waals surface area contributed by atoms with Crippen LogP contribution in [0.25, 0.3) is 21.8 Å². The lowest BCUT2D eigenvalue weighted by molar-refractivity contribution is 0.183. The van der Waals surface area contributed by atoms with Crippen molar-refractivity contribution in [2.24, 2.45) is 0 Å². The summed E-state index contributed by atoms with van der Waals surface area (Å²) in [6.45, 7) is 9.04. The van der Waals surface area contributed by atoms with Crippen molar-refractivity contribution in [2.45, 2.75) is 64.7 Å². The number of piperidine rings is 2. The highest BCUT2D eigenvalue weighted by molar-refractivity contribution is 6.32. The molecule has 2 aliphatic rings. The number of hydrogen-bond donors (Lipinski definition) is 0. The molecule has 8 rings (SSSR count). The van der Waals surface area contributed by atoms with E-state index in [2.05, 4.69) is 35.9 Å². The Labute approximate surface area is 399 Å². The van der Waals surface area contributed by atoms with E-state index in [0.29, 0.717) is 87.0 Å². The fourth-order valence-corrected chi connectivity index (χ4v) is 9.57. The van der Waals surface area contributed by atoms with E-state index < -0.39 is 0 Å². The number of benzene rings is 4. The molecule has 6 aromatic rings. The van der Waals surface area contributed by atoms with Crippen molar-refractivity contribution >= 4 is 68.2 Å². The molecule has 4 aromatic carbocycles. The number of hydrogen-bond acceptors (Lipinski definition) is 14. The van der Waals surface area contributed by atoms with Gasteiger partial charge in [-0.25, -0.2) is 14.4 Å². The van der Waals surface area contributed by atoms with Crippen LogP contribution in [0.3, 0.4) is 0 Å². The van der Waals surface area contributed by atoms with Crippen molar-refractivity contribution in [1.29, 1.82) is 0 Å². The lowest BCUT2D eigenvalue weighted by Crippen LogP contribution is -2.59. The molecule has 0 bridgehead atoms. The minimum atomic E-state index is -0.375. The van der Waals surface area contributed by atoms with E-state index in [1.807, 2.05) is 56.3 Å². The van der Waals surface area contributed by atoms with Crippen molar-refractivity contribution in [3.8, 4) is 34.5 Å². The summed E-state index contributed by atoms with van der Waals surface area (Å²) in [5.41, 5.74) is 3.24. The molecule has 0 radical (unpaired) electrons. The van der Waals surface area contributed by atoms with E-state index in [1.54, 1.807) is 34.5 Å². The van der Waals surface area contributed by atoms with Crippen LogP contribution in [0.2, 0.25) is 15.6 Å². The molecule has 4 heterocycles. The Morgan fingerprint density at radius 1 is 0.545 bits per heavy atom. The average molecular weight is 964 g/mol. The summed E-state index contributed by atoms with van der Waals surface area (Å²) in [5, 5.41) is 6.65. The van der Waals surface area contributed by atoms with Gasteiger partial charge in [0, 0.05) is 62.2 Å². The Kier molecular flexibility index (Phi) is 15.1. The van der Waals surface area contributed by atoms with Crippen molar-refractivity contribution in [3.05, 3.63) is 93.2 Å². The van der Waals surface area contributed by atoms with Crippen molar-refractivity contribution in [1.82, 2.24) is 29.7 Å². The normalized spacial score (nSPS) is 15.2. The van der Waals surface area contributed by atoms with Gasteiger partial charge in [0.15, 0.2) is 46.2 Å². The van der Waals surface area contributed by atoms with E-state index in [0.717, 1.165) is 69.5 Å². The van der Waals surface area contributed by atoms with Crippen LogP contribution in [0, 0.1) is 5.82 Å². The van der Waals surface area contributed by atoms with Gasteiger partial charge in [0.1, 0.15) is 5.75 Å². The zero-order valence-electron chi connectivity index (χ0n) is 38.0. The Bertz CT molecular complexity index is 2490. The maximum atomic E-state index is 14.6. The molecular weight excluding hydrogens is 910 g/mol. The monoisotopic (exact) mass is 962 g/mol. The topological polar surface area (TPSA) is 120 Å². The van der Waals surface area contributed by atoms with Gasteiger partial charge >= 0.3 is 0 Å². The fraction of sp³-hybridized carbons (Fsp3) is 0.417. The summed E-state index contributed by atoms with van der Waals surface area (Å²) in [7, 11) is 6.38. The van der Waals surface area contributed by atoms with Crippen LogP contribution >= 0.6 is 34.8 Å². The van der Waals surface area contributed by atoms with Gasteiger partial charge < -0.3 is 28.4 Å². The second-order valence-corrected chi connectivity index (χ2v) is 17.3. The van der Waals surface area contributed by atoms with Gasteiger partial charge in [-0.1, -0.05) is 23.7 Å². The first-order valence-corrected chi connectivity index (χ1v) is 23.2. The Morgan fingerprint density at radius 2 is 0.955 bits per heavy atom. The lowest BCUT2D eigenvalue weighted by atomic mass is 10.00. The van der Waals surface area contributed by atoms with E-state index in [9.17, 15) is 4.39 Å². The van der Waals surface area contributed by atoms with Crippen molar-refractivity contribution < 1.29 is 32.8 Å². The molecular formula is C48H54Cl3FN8O6. The molecule has 2 aromatic heterocycles. The molecule has 0 amide bonds. The predicted molar refractivity (Wildman–Crippen MR) is 257 cm³/mol. The highest BCUT2D eigenvalue weighted by Gasteiger charge is 2.39. The number of ether oxygens (including phenoxy) is 6. The van der Waals surface area contributed by atoms with Gasteiger partial charge in [0.2, 0.25) is 10.6 Å². The van der Waals surface area contributed by atoms with Crippen LogP contribution in [-0.2, 0) is 13.1 Å². The number of nitrogens with zero attached hydrogens (tertiary/aromatic N) is 8. The summed E-state index contributed by atoms with van der Waals surface area (Å²) in [5.74, 6) is 3.74. The standard InChI is InChI=1S/C48H54Cl3FN8O6/c1-7-65-39-21-29(9-11-35(39)49)27-57-17-13-31(14-18-57)59(45-33-23-41(61-3)43(63-5)25-37(33)53-47(50)55-45)60(46-34-24-42(62-4)44(64-6)26-38(34)54-48(51)56-46)32-15-19-58(20-16-32)28-30-10-12-36(52)40(22-30)66-8-2/h9-12,21-26,31-32H,7-8,13-20,27-28H2,1-6H3. The molecule has 0 unspecified atom stereocenters. The maximum absolute atomic E-state index is 14.6. The number of aromatic nitrogens is 4. The van der Waals surface area contributed by atoms with Crippen LogP contribution < -0.4 is 38.4 Å². The summed E-state index contributed by atoms with van der Waals surface area (Å²) < 4.78 is 49.2. The molecule has 2 aliphatic heterocycles. The lowest BCUT2D eigenvalue weighted by Gasteiger charge is -2.50. The minimum absolute atomic E-state index is 0.0645. The second-order valence-electron chi connectivity index (χ2n) is 16.2. The zero-order chi connectivity index (χ0) is 46.5. The fourth-order valence-electron chi connectivity index (χ4n) is 9.06. The van der Waals surface area contributed by atoms with Gasteiger partial charge in [-0.2, -0.15) is 9.97 Å². The molecule has 0 N–H and O–H groups in total. The highest BCUT2D eigenvalue weighted by atomic mass is 35.5. The number of hydrazine groups is 1. The van der Waals surface area contributed by atoms with E-state index in [-0.39, 0.29) is 34.2 Å². The van der Waals surface area contributed by atoms with Gasteiger partial charge in [-0.15, -0.1) is 0 Å². The van der Waals surface area contributed by atoms with Crippen LogP contribution in [0.15, 0.2) is 60.7 Å². The van der Waals surface area contributed by atoms with E-state index >= 15 is 0 Å². The SMILES string of the molecule is CCOc1cc(CN2CCC(N(c3nc(Cl)nc4cc(OC)c(OC)cc34)N(c3nc(Cl)nc4cc(OC)c(OC)cc34)C3CCN(Cc4ccc(Cl)c(OCC)c4)CC3)CC2)ccc1F. The number of likely N-dealkylation sites (tertiary alicyclic amines) is 2. The Hall–Kier alpha value is -5.32. The van der Waals surface area contributed by atoms with Crippen LogP contribution in [0.4, 0.5) is 16.0 Å². The van der Waals surface area contributed by atoms with Crippen LogP contribution in [-0.4, -0.2) is 110 Å². The molecule has 2 saturated heterocycles. The first-order valence-electron chi connectivity index (χ1n) is 22.1. The molecule has 14 nitrogen and oxygen atoms in total. The highest BCUT2D eigenvalue weighted by Crippen LogP contribution is 2.43. The number of rotatable bonds is 17. The van der Waals surface area contributed by atoms with Gasteiger partial charge in [-0.05, 0) is 110 Å². The first-order chi connectivity index (χ1) is 32.0. The minimum Gasteiger partial charge on any atom is -0.493 e. The van der Waals surface area contributed by atoms with Gasteiger partial charge in [0.25, 0.3) is 0 Å². The van der Waals surface area contributed by atoms with E-state index in [4.69, 9.17) is 73.2 Å². The number of fused-ring (bicyclic) bond motifs is 2. The quantitative estimate of drug-likeness (QED) is 0.0637. The van der Waals surface area contributed by atoms with Crippen LogP contribution in [0.5, 0.6) is 34.5 Å². The molecule has 2 fully saturated rings. The zero-order valence-corrected chi connectivity index (χ0v) is 40.2. The van der Waals surface area contributed by atoms with Gasteiger partial charge in [0.05, 0.1) is 69.8 Å². The summed E-state index contributed by atoms with van der Waals surface area (Å²) >= 11 is 20.3. The molecule has 0 atom stereocenters. The van der Waals surface area contributed by atoms with Crippen molar-refractivity contribution in [3.63, 3.8) is 0 Å². The number of halogens is 4. The summed E-state index contributed by atoms with van der Waals surface area (Å²) in [6.07, 6.45) is 2.94. The summed E-state index contributed by atoms with van der Waals surface area (Å²) in [4.78, 5) is 24.3.